The van der Waals surface area contributed by atoms with Crippen LogP contribution in [0.3, 0.4) is 0 Å². The number of hydrogen-bond acceptors (Lipinski definition) is 23. The SMILES string of the molecule is CC(C)N(C)C1CCN(C)C1.CC(C)N(C)CCN1CCCCC1.CC(C)N(C)CCN1CCCCC1.CC(C)N(C)CCN1CCN(C)CC1.CC(C)OCCN1CCCCC1.CC(C)OCCN1CCCCC1.CC(C)OCCN1CCN(C)CC1.CCN(CC)CCN(C)C(C)C.COC1CCN(C(C)C)C1.COCCN(CCOC)C(C)C. The normalized spacial score (nSPS) is 20.0. The van der Waals surface area contributed by atoms with Gasteiger partial charge in [0.15, 0.2) is 0 Å². The number of piperidine rings is 4. The van der Waals surface area contributed by atoms with Crippen molar-refractivity contribution < 1.29 is 28.4 Å². The largest absolute Gasteiger partial charge is 0.383 e. The smallest absolute Gasteiger partial charge is 0.0710 e. The van der Waals surface area contributed by atoms with Crippen LogP contribution in [0.15, 0.2) is 0 Å². The van der Waals surface area contributed by atoms with Crippen LogP contribution in [0.4, 0.5) is 0 Å². The Bertz CT molecular complexity index is 2090. The molecule has 23 heteroatoms. The molecule has 8 aliphatic heterocycles. The fourth-order valence-electron chi connectivity index (χ4n) is 15.0. The van der Waals surface area contributed by atoms with Gasteiger partial charge in [0.2, 0.25) is 0 Å². The van der Waals surface area contributed by atoms with Gasteiger partial charge in [0.05, 0.1) is 57.5 Å². The van der Waals surface area contributed by atoms with E-state index in [1.165, 1.54) is 280 Å². The summed E-state index contributed by atoms with van der Waals surface area (Å²) in [6, 6.07) is 5.43. The van der Waals surface area contributed by atoms with Crippen molar-refractivity contribution in [3.05, 3.63) is 0 Å². The van der Waals surface area contributed by atoms with E-state index >= 15 is 0 Å². The molecule has 0 spiro atoms. The van der Waals surface area contributed by atoms with Gasteiger partial charge in [-0.1, -0.05) is 39.5 Å². The number of likely N-dealkylation sites (tertiary alicyclic amines) is 6. The van der Waals surface area contributed by atoms with Crippen molar-refractivity contribution in [2.24, 2.45) is 0 Å². The molecule has 2 atom stereocenters. The van der Waals surface area contributed by atoms with E-state index in [9.17, 15) is 0 Å². The second kappa shape index (κ2) is 79.8. The van der Waals surface area contributed by atoms with Crippen molar-refractivity contribution in [2.45, 2.75) is 315 Å². The highest BCUT2D eigenvalue weighted by atomic mass is 16.5. The number of nitrogens with zero attached hydrogens (tertiary/aromatic N) is 17. The van der Waals surface area contributed by atoms with E-state index in [0.717, 1.165) is 78.3 Å². The van der Waals surface area contributed by atoms with Crippen LogP contribution in [0.5, 0.6) is 0 Å². The Morgan fingerprint density at radius 3 is 0.852 bits per heavy atom. The molecule has 0 aromatic heterocycles. The number of ether oxygens (including phenoxy) is 6. The zero-order chi connectivity index (χ0) is 92.2. The summed E-state index contributed by atoms with van der Waals surface area (Å²) in [4.78, 5) is 41.8. The van der Waals surface area contributed by atoms with Crippen molar-refractivity contribution in [1.82, 2.24) is 83.3 Å². The van der Waals surface area contributed by atoms with Crippen LogP contribution >= 0.6 is 0 Å². The van der Waals surface area contributed by atoms with Gasteiger partial charge in [-0.05, 0) is 331 Å². The lowest BCUT2D eigenvalue weighted by Gasteiger charge is -2.33. The lowest BCUT2D eigenvalue weighted by atomic mass is 10.1. The number of piperazine rings is 2. The standard InChI is InChI=1S/C11H25N3.2C11H24N2.C10H22N2O.C10H24N2.2C10H21NO.C9H20N2.C9H21NO2.C8H17NO/c1-11(2)13(4)7-10-14-8-5-12(3)6-9-14;2*1-11(2)12(3)9-10-13-7-5-4-6-8-13;1-10(2)13-9-8-12-6-4-11(3)5-7-12;1-6-12(7-2)9-8-11(5)10(3)4;2*1-10(2)12-9-8-11-6-4-3-5-7-11;1-8(2)11(4)9-5-6-10(3)7-9;1-9(2)10(5-7-11-3)6-8-12-4;1-7(2)9-5-4-8(6-9)10-3/h11H,5-10H2,1-4H3;2*11H,4-10H2,1-3H3;10H,4-9H2,1-3H3;10H,6-9H2,1-5H3;2*10H,3-9H2,1-2H3;8-9H,5-7H2,1-4H3;9H,5-8H2,1-4H3;7-8H,4-6H2,1-3H3. The lowest BCUT2D eigenvalue weighted by Crippen LogP contribution is -2.47. The van der Waals surface area contributed by atoms with Gasteiger partial charge in [-0.3, -0.25) is 24.5 Å². The summed E-state index contributed by atoms with van der Waals surface area (Å²) >= 11 is 0. The maximum Gasteiger partial charge on any atom is 0.0710 e. The van der Waals surface area contributed by atoms with E-state index in [2.05, 4.69) is 292 Å². The summed E-state index contributed by atoms with van der Waals surface area (Å²) in [6.07, 6.45) is 21.0. The Hall–Kier alpha value is -0.920. The minimum Gasteiger partial charge on any atom is -0.383 e. The molecule has 8 rings (SSSR count). The number of methoxy groups -OCH3 is 3. The molecule has 0 aromatic carbocycles. The van der Waals surface area contributed by atoms with Gasteiger partial charge in [-0.25, -0.2) is 0 Å². The molecule has 8 heterocycles. The van der Waals surface area contributed by atoms with Crippen LogP contribution in [-0.2, 0) is 28.4 Å². The van der Waals surface area contributed by atoms with Gasteiger partial charge in [0.1, 0.15) is 0 Å². The molecule has 23 nitrogen and oxygen atoms in total. The molecule has 736 valence electrons. The van der Waals surface area contributed by atoms with Crippen LogP contribution in [0.2, 0.25) is 0 Å². The quantitative estimate of drug-likeness (QED) is 0.0578. The minimum atomic E-state index is 0.368. The van der Waals surface area contributed by atoms with Crippen molar-refractivity contribution in [3.8, 4) is 0 Å². The monoisotopic (exact) mass is 1740 g/mol. The van der Waals surface area contributed by atoms with E-state index in [-0.39, 0.29) is 0 Å². The summed E-state index contributed by atoms with van der Waals surface area (Å²) < 4.78 is 31.8. The first-order valence-corrected chi connectivity index (χ1v) is 50.4. The second-order valence-electron chi connectivity index (χ2n) is 39.3. The van der Waals surface area contributed by atoms with Gasteiger partial charge < -0.3 is 87.2 Å². The first-order chi connectivity index (χ1) is 57.9. The third-order valence-electron chi connectivity index (χ3n) is 26.0. The number of likely N-dealkylation sites (N-methyl/N-ethyl adjacent to an activating group) is 9. The Morgan fingerprint density at radius 1 is 0.295 bits per heavy atom. The van der Waals surface area contributed by atoms with Gasteiger partial charge in [0, 0.05) is 227 Å². The fraction of sp³-hybridized carbons (Fsp3) is 1.00. The third-order valence-corrected chi connectivity index (χ3v) is 26.0. The zero-order valence-corrected chi connectivity index (χ0v) is 88.2. The Morgan fingerprint density at radius 2 is 0.607 bits per heavy atom. The third kappa shape index (κ3) is 70.9. The number of rotatable bonds is 41. The van der Waals surface area contributed by atoms with E-state index in [4.69, 9.17) is 28.4 Å². The van der Waals surface area contributed by atoms with Gasteiger partial charge in [-0.2, -0.15) is 0 Å². The molecule has 0 N–H and O–H groups in total. The van der Waals surface area contributed by atoms with E-state index in [1.807, 2.05) is 0 Å². The summed E-state index contributed by atoms with van der Waals surface area (Å²) in [5, 5.41) is 0. The van der Waals surface area contributed by atoms with Gasteiger partial charge in [-0.15, -0.1) is 0 Å². The van der Waals surface area contributed by atoms with Crippen molar-refractivity contribution in [2.75, 3.05) is 340 Å². The molecule has 8 aliphatic rings. The predicted molar refractivity (Wildman–Crippen MR) is 533 cm³/mol. The average molecular weight is 1740 g/mol. The van der Waals surface area contributed by atoms with Crippen LogP contribution < -0.4 is 0 Å². The Balaban J connectivity index is 0. The first-order valence-electron chi connectivity index (χ1n) is 50.4. The zero-order valence-electron chi connectivity index (χ0n) is 88.2. The van der Waals surface area contributed by atoms with Crippen LogP contribution in [0, 0.1) is 0 Å². The molecular weight excluding hydrogens is 1520 g/mol. The predicted octanol–water partition coefficient (Wildman–Crippen LogP) is 13.5. The topological polar surface area (TPSA) is 110 Å². The van der Waals surface area contributed by atoms with Gasteiger partial charge >= 0.3 is 0 Å². The molecule has 0 amide bonds. The maximum atomic E-state index is 5.52. The van der Waals surface area contributed by atoms with E-state index < -0.39 is 0 Å². The summed E-state index contributed by atoms with van der Waals surface area (Å²) in [5.74, 6) is 0. The van der Waals surface area contributed by atoms with Crippen LogP contribution in [-0.4, -0.2) is 496 Å². The molecule has 0 aliphatic carbocycles. The molecule has 8 saturated heterocycles. The van der Waals surface area contributed by atoms with Crippen LogP contribution in [0.25, 0.3) is 0 Å². The molecule has 0 saturated carbocycles. The Labute approximate surface area is 762 Å². The Kier molecular flexibility index (Phi) is 80.5. The van der Waals surface area contributed by atoms with Gasteiger partial charge in [0.25, 0.3) is 0 Å². The minimum absolute atomic E-state index is 0.368. The van der Waals surface area contributed by atoms with Crippen molar-refractivity contribution in [1.29, 1.82) is 0 Å². The molecule has 0 aromatic rings. The summed E-state index contributed by atoms with van der Waals surface area (Å²) in [5.41, 5.74) is 0. The van der Waals surface area contributed by atoms with Crippen molar-refractivity contribution in [3.63, 3.8) is 0 Å². The highest BCUT2D eigenvalue weighted by molar-refractivity contribution is 4.82. The lowest BCUT2D eigenvalue weighted by molar-refractivity contribution is 0.0478. The van der Waals surface area contributed by atoms with E-state index in [1.54, 1.807) is 21.3 Å². The molecule has 2 unspecified atom stereocenters. The maximum absolute atomic E-state index is 5.52. The summed E-state index contributed by atoms with van der Waals surface area (Å²) in [7, 11) is 22.9. The molecule has 8 fully saturated rings. The molecular formula is C99H219N17O6. The van der Waals surface area contributed by atoms with Crippen LogP contribution in [0.1, 0.15) is 242 Å². The first kappa shape index (κ1) is 123. The highest BCUT2D eigenvalue weighted by Gasteiger charge is 2.26. The van der Waals surface area contributed by atoms with E-state index in [0.29, 0.717) is 66.7 Å². The molecule has 122 heavy (non-hydrogen) atoms. The fourth-order valence-corrected chi connectivity index (χ4v) is 15.0. The number of hydrogen-bond donors (Lipinski definition) is 0. The summed E-state index contributed by atoms with van der Waals surface area (Å²) in [6.45, 7) is 95.0. The molecule has 0 bridgehead atoms. The highest BCUT2D eigenvalue weighted by Crippen LogP contribution is 2.17. The van der Waals surface area contributed by atoms with Crippen molar-refractivity contribution >= 4 is 0 Å². The second-order valence-corrected chi connectivity index (χ2v) is 39.3. The average Bonchev–Trinajstić information content (AvgIpc) is 1.76. The molecule has 0 radical (unpaired) electrons.